The molecule has 1 atom stereocenters. The van der Waals surface area contributed by atoms with Crippen molar-refractivity contribution in [1.29, 1.82) is 0 Å². The number of hydrogen-bond acceptors (Lipinski definition) is 6. The first-order valence-corrected chi connectivity index (χ1v) is 9.78. The van der Waals surface area contributed by atoms with E-state index in [0.29, 0.717) is 17.2 Å². The lowest BCUT2D eigenvalue weighted by molar-refractivity contribution is -0.150. The monoisotopic (exact) mass is 423 g/mol. The molecule has 0 unspecified atom stereocenters. The first kappa shape index (κ1) is 22.0. The molecule has 0 fully saturated rings. The van der Waals surface area contributed by atoms with Gasteiger partial charge in [-0.1, -0.05) is 30.3 Å². The molecule has 7 nitrogen and oxygen atoms in total. The van der Waals surface area contributed by atoms with Crippen LogP contribution in [0.4, 0.5) is 0 Å². The number of carbonyl (C=O) groups excluding carboxylic acids is 2. The van der Waals surface area contributed by atoms with Gasteiger partial charge >= 0.3 is 5.97 Å². The summed E-state index contributed by atoms with van der Waals surface area (Å²) in [5.41, 5.74) is 0.751. The number of amides is 1. The van der Waals surface area contributed by atoms with Crippen molar-refractivity contribution in [2.75, 3.05) is 27.4 Å². The van der Waals surface area contributed by atoms with Crippen molar-refractivity contribution in [2.24, 2.45) is 0 Å². The Balaban J connectivity index is 1.48. The van der Waals surface area contributed by atoms with E-state index in [2.05, 4.69) is 5.32 Å². The predicted molar refractivity (Wildman–Crippen MR) is 117 cm³/mol. The Hall–Kier alpha value is -3.74. The Bertz CT molecular complexity index is 1060. The first-order chi connectivity index (χ1) is 15.0. The van der Waals surface area contributed by atoms with E-state index >= 15 is 0 Å². The van der Waals surface area contributed by atoms with Gasteiger partial charge in [0.25, 0.3) is 5.91 Å². The maximum atomic E-state index is 12.2. The van der Waals surface area contributed by atoms with Crippen molar-refractivity contribution in [3.8, 4) is 17.2 Å². The summed E-state index contributed by atoms with van der Waals surface area (Å²) < 4.78 is 21.1. The third-order valence-electron chi connectivity index (χ3n) is 4.72. The van der Waals surface area contributed by atoms with Crippen LogP contribution in [0.2, 0.25) is 0 Å². The largest absolute Gasteiger partial charge is 0.497 e. The molecule has 0 spiro atoms. The SMILES string of the molecule is COc1ccc(OC)c([C@H](C)NC(=O)COC(=O)COc2ccc3ccccc3c2)c1. The van der Waals surface area contributed by atoms with Gasteiger partial charge in [-0.3, -0.25) is 4.79 Å². The zero-order valence-corrected chi connectivity index (χ0v) is 17.7. The van der Waals surface area contributed by atoms with E-state index in [-0.39, 0.29) is 12.6 Å². The van der Waals surface area contributed by atoms with E-state index in [0.717, 1.165) is 16.3 Å². The number of hydrogen-bond donors (Lipinski definition) is 1. The van der Waals surface area contributed by atoms with Gasteiger partial charge in [0.15, 0.2) is 13.2 Å². The minimum absolute atomic E-state index is 0.287. The maximum absolute atomic E-state index is 12.2. The van der Waals surface area contributed by atoms with Gasteiger partial charge in [0.1, 0.15) is 17.2 Å². The molecular weight excluding hydrogens is 398 g/mol. The number of nitrogens with one attached hydrogen (secondary N) is 1. The highest BCUT2D eigenvalue weighted by atomic mass is 16.6. The molecule has 0 aromatic heterocycles. The number of carbonyl (C=O) groups is 2. The molecule has 162 valence electrons. The van der Waals surface area contributed by atoms with Crippen LogP contribution in [0.1, 0.15) is 18.5 Å². The highest BCUT2D eigenvalue weighted by molar-refractivity contribution is 5.84. The minimum atomic E-state index is -0.630. The van der Waals surface area contributed by atoms with Crippen LogP contribution in [0.5, 0.6) is 17.2 Å². The number of benzene rings is 3. The molecule has 31 heavy (non-hydrogen) atoms. The zero-order valence-electron chi connectivity index (χ0n) is 17.7. The Morgan fingerprint density at radius 2 is 1.61 bits per heavy atom. The molecule has 3 aromatic carbocycles. The highest BCUT2D eigenvalue weighted by Crippen LogP contribution is 2.29. The van der Waals surface area contributed by atoms with Crippen LogP contribution in [0.15, 0.2) is 60.7 Å². The van der Waals surface area contributed by atoms with Crippen LogP contribution >= 0.6 is 0 Å². The molecule has 3 aromatic rings. The van der Waals surface area contributed by atoms with Crippen LogP contribution in [0.3, 0.4) is 0 Å². The van der Waals surface area contributed by atoms with Crippen LogP contribution in [0.25, 0.3) is 10.8 Å². The van der Waals surface area contributed by atoms with Crippen LogP contribution in [0, 0.1) is 0 Å². The summed E-state index contributed by atoms with van der Waals surface area (Å²) in [6, 6.07) is 18.3. The molecular formula is C24H25NO6. The second kappa shape index (κ2) is 10.3. The number of rotatable bonds is 9. The smallest absolute Gasteiger partial charge is 0.344 e. The Morgan fingerprint density at radius 3 is 2.35 bits per heavy atom. The number of methoxy groups -OCH3 is 2. The summed E-state index contributed by atoms with van der Waals surface area (Å²) >= 11 is 0. The molecule has 0 saturated heterocycles. The van der Waals surface area contributed by atoms with E-state index in [1.54, 1.807) is 45.4 Å². The van der Waals surface area contributed by atoms with E-state index in [1.807, 2.05) is 36.4 Å². The minimum Gasteiger partial charge on any atom is -0.497 e. The van der Waals surface area contributed by atoms with Crippen molar-refractivity contribution in [3.63, 3.8) is 0 Å². The third kappa shape index (κ3) is 5.88. The van der Waals surface area contributed by atoms with Gasteiger partial charge in [0.05, 0.1) is 20.3 Å². The second-order valence-corrected chi connectivity index (χ2v) is 6.86. The van der Waals surface area contributed by atoms with E-state index < -0.39 is 18.5 Å². The fourth-order valence-corrected chi connectivity index (χ4v) is 3.13. The third-order valence-corrected chi connectivity index (χ3v) is 4.72. The average Bonchev–Trinajstić information content (AvgIpc) is 2.80. The van der Waals surface area contributed by atoms with Crippen molar-refractivity contribution < 1.29 is 28.5 Å². The molecule has 7 heteroatoms. The van der Waals surface area contributed by atoms with E-state index in [9.17, 15) is 9.59 Å². The summed E-state index contributed by atoms with van der Waals surface area (Å²) in [4.78, 5) is 24.2. The molecule has 0 saturated carbocycles. The molecule has 0 aliphatic heterocycles. The van der Waals surface area contributed by atoms with E-state index in [1.165, 1.54) is 0 Å². The number of fused-ring (bicyclic) bond motifs is 1. The first-order valence-electron chi connectivity index (χ1n) is 9.78. The molecule has 1 amide bonds. The molecule has 0 bridgehead atoms. The quantitative estimate of drug-likeness (QED) is 0.529. The van der Waals surface area contributed by atoms with Crippen molar-refractivity contribution in [3.05, 3.63) is 66.2 Å². The molecule has 0 radical (unpaired) electrons. The Morgan fingerprint density at radius 1 is 0.871 bits per heavy atom. The van der Waals surface area contributed by atoms with Gasteiger partial charge in [0, 0.05) is 5.56 Å². The fraction of sp³-hybridized carbons (Fsp3) is 0.250. The lowest BCUT2D eigenvalue weighted by Gasteiger charge is -2.18. The summed E-state index contributed by atoms with van der Waals surface area (Å²) in [7, 11) is 3.12. The van der Waals surface area contributed by atoms with Crippen molar-refractivity contribution in [1.82, 2.24) is 5.32 Å². The van der Waals surface area contributed by atoms with Gasteiger partial charge in [-0.2, -0.15) is 0 Å². The predicted octanol–water partition coefficient (Wildman–Crippen LogP) is 3.66. The lowest BCUT2D eigenvalue weighted by Crippen LogP contribution is -2.32. The Kier molecular flexibility index (Phi) is 7.32. The van der Waals surface area contributed by atoms with Gasteiger partial charge in [-0.05, 0) is 48.0 Å². The van der Waals surface area contributed by atoms with Crippen molar-refractivity contribution >= 4 is 22.6 Å². The molecule has 1 N–H and O–H groups in total. The summed E-state index contributed by atoms with van der Waals surface area (Å²) in [5, 5.41) is 4.87. The van der Waals surface area contributed by atoms with E-state index in [4.69, 9.17) is 18.9 Å². The van der Waals surface area contributed by atoms with Gasteiger partial charge in [-0.25, -0.2) is 4.79 Å². The van der Waals surface area contributed by atoms with Crippen LogP contribution in [-0.4, -0.2) is 39.3 Å². The standard InChI is InChI=1S/C24H25NO6/c1-16(21-13-19(28-2)10-11-22(21)29-3)25-23(26)14-31-24(27)15-30-20-9-8-17-6-4-5-7-18(17)12-20/h4-13,16H,14-15H2,1-3H3,(H,25,26)/t16-/m0/s1. The van der Waals surface area contributed by atoms with Gasteiger partial charge in [0.2, 0.25) is 0 Å². The van der Waals surface area contributed by atoms with Crippen LogP contribution in [-0.2, 0) is 14.3 Å². The van der Waals surface area contributed by atoms with Gasteiger partial charge < -0.3 is 24.3 Å². The normalized spacial score (nSPS) is 11.5. The summed E-state index contributed by atoms with van der Waals surface area (Å²) in [6.45, 7) is 1.11. The topological polar surface area (TPSA) is 83.1 Å². The second-order valence-electron chi connectivity index (χ2n) is 6.86. The number of ether oxygens (including phenoxy) is 4. The summed E-state index contributed by atoms with van der Waals surface area (Å²) in [6.07, 6.45) is 0. The Labute approximate surface area is 180 Å². The molecule has 0 aliphatic rings. The van der Waals surface area contributed by atoms with Gasteiger partial charge in [-0.15, -0.1) is 0 Å². The lowest BCUT2D eigenvalue weighted by atomic mass is 10.1. The maximum Gasteiger partial charge on any atom is 0.344 e. The highest BCUT2D eigenvalue weighted by Gasteiger charge is 2.16. The average molecular weight is 423 g/mol. The van der Waals surface area contributed by atoms with Crippen LogP contribution < -0.4 is 19.5 Å². The molecule has 0 heterocycles. The number of esters is 1. The molecule has 0 aliphatic carbocycles. The fourth-order valence-electron chi connectivity index (χ4n) is 3.13. The van der Waals surface area contributed by atoms with Crippen molar-refractivity contribution in [2.45, 2.75) is 13.0 Å². The summed E-state index contributed by atoms with van der Waals surface area (Å²) in [5.74, 6) is 0.758. The zero-order chi connectivity index (χ0) is 22.2. The molecule has 3 rings (SSSR count).